The van der Waals surface area contributed by atoms with E-state index in [1.807, 2.05) is 63.2 Å². The highest BCUT2D eigenvalue weighted by atomic mass is 16.5. The zero-order valence-corrected chi connectivity index (χ0v) is 19.6. The van der Waals surface area contributed by atoms with E-state index in [2.05, 4.69) is 11.4 Å². The quantitative estimate of drug-likeness (QED) is 0.593. The van der Waals surface area contributed by atoms with Gasteiger partial charge in [-0.15, -0.1) is 0 Å². The van der Waals surface area contributed by atoms with Crippen molar-refractivity contribution in [3.8, 4) is 5.75 Å². The Bertz CT molecular complexity index is 871. The fourth-order valence-corrected chi connectivity index (χ4v) is 4.51. The highest BCUT2D eigenvalue weighted by Crippen LogP contribution is 2.19. The SMILES string of the molecule is CC[C@H](C(=O)NC1CCCC1)N(CCc1ccccc1)C(=O)COc1cc(C)cc(C)c1. The summed E-state index contributed by atoms with van der Waals surface area (Å²) in [5, 5.41) is 3.18. The number of ether oxygens (including phenoxy) is 1. The van der Waals surface area contributed by atoms with Gasteiger partial charge in [0.2, 0.25) is 5.91 Å². The number of nitrogens with one attached hydrogen (secondary N) is 1. The van der Waals surface area contributed by atoms with Gasteiger partial charge < -0.3 is 15.0 Å². The summed E-state index contributed by atoms with van der Waals surface area (Å²) in [6.45, 7) is 6.38. The van der Waals surface area contributed by atoms with Crippen LogP contribution < -0.4 is 10.1 Å². The van der Waals surface area contributed by atoms with Crippen molar-refractivity contribution in [3.05, 3.63) is 65.2 Å². The molecule has 0 heterocycles. The van der Waals surface area contributed by atoms with Crippen molar-refractivity contribution in [3.63, 3.8) is 0 Å². The third-order valence-corrected chi connectivity index (χ3v) is 6.13. The number of carbonyl (C=O) groups excluding carboxylic acids is 2. The molecule has 1 atom stereocenters. The second-order valence-corrected chi connectivity index (χ2v) is 8.85. The minimum absolute atomic E-state index is 0.0489. The van der Waals surface area contributed by atoms with Crippen molar-refractivity contribution in [2.24, 2.45) is 0 Å². The molecule has 2 aromatic carbocycles. The highest BCUT2D eigenvalue weighted by molar-refractivity contribution is 5.88. The van der Waals surface area contributed by atoms with Crippen LogP contribution in [0.5, 0.6) is 5.75 Å². The molecule has 3 rings (SSSR count). The van der Waals surface area contributed by atoms with E-state index in [4.69, 9.17) is 4.74 Å². The largest absolute Gasteiger partial charge is 0.484 e. The number of carbonyl (C=O) groups is 2. The first-order chi connectivity index (χ1) is 15.5. The number of hydrogen-bond acceptors (Lipinski definition) is 3. The molecule has 0 radical (unpaired) electrons. The van der Waals surface area contributed by atoms with E-state index in [1.165, 1.54) is 0 Å². The number of aryl methyl sites for hydroxylation is 2. The summed E-state index contributed by atoms with van der Waals surface area (Å²) in [6.07, 6.45) is 5.63. The summed E-state index contributed by atoms with van der Waals surface area (Å²) >= 11 is 0. The molecule has 0 spiro atoms. The van der Waals surface area contributed by atoms with Crippen molar-refractivity contribution < 1.29 is 14.3 Å². The normalized spacial score (nSPS) is 14.7. The molecule has 0 bridgehead atoms. The van der Waals surface area contributed by atoms with Gasteiger partial charge in [0.15, 0.2) is 6.61 Å². The molecule has 2 amide bonds. The van der Waals surface area contributed by atoms with Crippen molar-refractivity contribution in [1.82, 2.24) is 10.2 Å². The molecule has 1 saturated carbocycles. The highest BCUT2D eigenvalue weighted by Gasteiger charge is 2.30. The molecular formula is C27H36N2O3. The van der Waals surface area contributed by atoms with Gasteiger partial charge in [-0.05, 0) is 68.4 Å². The van der Waals surface area contributed by atoms with E-state index in [9.17, 15) is 9.59 Å². The predicted molar refractivity (Wildman–Crippen MR) is 128 cm³/mol. The standard InChI is InChI=1S/C27H36N2O3/c1-4-25(27(31)28-23-12-8-9-13-23)29(15-14-22-10-6-5-7-11-22)26(30)19-32-24-17-20(2)16-21(3)18-24/h5-7,10-11,16-18,23,25H,4,8-9,12-15,19H2,1-3H3,(H,28,31)/t25-/m1/s1. The van der Waals surface area contributed by atoms with Crippen LogP contribution in [0, 0.1) is 13.8 Å². The smallest absolute Gasteiger partial charge is 0.261 e. The Kier molecular flexibility index (Phi) is 8.72. The maximum atomic E-state index is 13.3. The second kappa shape index (κ2) is 11.7. The lowest BCUT2D eigenvalue weighted by Gasteiger charge is -2.31. The Balaban J connectivity index is 1.71. The molecular weight excluding hydrogens is 400 g/mol. The van der Waals surface area contributed by atoms with Gasteiger partial charge in [-0.25, -0.2) is 0 Å². The van der Waals surface area contributed by atoms with E-state index >= 15 is 0 Å². The maximum Gasteiger partial charge on any atom is 0.261 e. The van der Waals surface area contributed by atoms with Crippen molar-refractivity contribution in [2.45, 2.75) is 71.4 Å². The maximum absolute atomic E-state index is 13.3. The molecule has 1 fully saturated rings. The van der Waals surface area contributed by atoms with Gasteiger partial charge in [0, 0.05) is 12.6 Å². The van der Waals surface area contributed by atoms with E-state index in [1.54, 1.807) is 4.90 Å². The van der Waals surface area contributed by atoms with Gasteiger partial charge in [-0.3, -0.25) is 9.59 Å². The van der Waals surface area contributed by atoms with Crippen LogP contribution in [0.1, 0.15) is 55.7 Å². The zero-order chi connectivity index (χ0) is 22.9. The number of nitrogens with zero attached hydrogens (tertiary/aromatic N) is 1. The first-order valence-corrected chi connectivity index (χ1v) is 11.8. The number of benzene rings is 2. The average molecular weight is 437 g/mol. The summed E-state index contributed by atoms with van der Waals surface area (Å²) in [5.74, 6) is 0.475. The van der Waals surface area contributed by atoms with E-state index < -0.39 is 6.04 Å². The second-order valence-electron chi connectivity index (χ2n) is 8.85. The van der Waals surface area contributed by atoms with Crippen LogP contribution in [0.25, 0.3) is 0 Å². The van der Waals surface area contributed by atoms with Crippen LogP contribution in [0.3, 0.4) is 0 Å². The Morgan fingerprint density at radius 1 is 1.06 bits per heavy atom. The van der Waals surface area contributed by atoms with Gasteiger partial charge >= 0.3 is 0 Å². The molecule has 0 aromatic heterocycles. The summed E-state index contributed by atoms with van der Waals surface area (Å²) in [7, 11) is 0. The number of amides is 2. The van der Waals surface area contributed by atoms with Gasteiger partial charge in [-0.2, -0.15) is 0 Å². The summed E-state index contributed by atoms with van der Waals surface area (Å²) in [5.41, 5.74) is 3.33. The van der Waals surface area contributed by atoms with Crippen LogP contribution in [0.4, 0.5) is 0 Å². The van der Waals surface area contributed by atoms with Crippen LogP contribution in [0.15, 0.2) is 48.5 Å². The van der Waals surface area contributed by atoms with Gasteiger partial charge in [0.05, 0.1) is 0 Å². The first kappa shape index (κ1) is 23.8. The van der Waals surface area contributed by atoms with Crippen molar-refractivity contribution >= 4 is 11.8 Å². The van der Waals surface area contributed by atoms with Crippen LogP contribution >= 0.6 is 0 Å². The molecule has 32 heavy (non-hydrogen) atoms. The van der Waals surface area contributed by atoms with Gasteiger partial charge in [-0.1, -0.05) is 56.2 Å². The lowest BCUT2D eigenvalue weighted by atomic mass is 10.1. The average Bonchev–Trinajstić information content (AvgIpc) is 3.28. The van der Waals surface area contributed by atoms with E-state index in [-0.39, 0.29) is 24.5 Å². The zero-order valence-electron chi connectivity index (χ0n) is 19.6. The van der Waals surface area contributed by atoms with E-state index in [0.29, 0.717) is 25.1 Å². The molecule has 1 aliphatic carbocycles. The summed E-state index contributed by atoms with van der Waals surface area (Å²) < 4.78 is 5.85. The molecule has 1 aliphatic rings. The van der Waals surface area contributed by atoms with E-state index in [0.717, 1.165) is 42.4 Å². The van der Waals surface area contributed by atoms with Gasteiger partial charge in [0.25, 0.3) is 5.91 Å². The molecule has 0 saturated heterocycles. The first-order valence-electron chi connectivity index (χ1n) is 11.8. The van der Waals surface area contributed by atoms with Gasteiger partial charge in [0.1, 0.15) is 11.8 Å². The van der Waals surface area contributed by atoms with Crippen molar-refractivity contribution in [2.75, 3.05) is 13.2 Å². The number of rotatable bonds is 10. The fourth-order valence-electron chi connectivity index (χ4n) is 4.51. The van der Waals surface area contributed by atoms with Crippen LogP contribution in [0.2, 0.25) is 0 Å². The minimum atomic E-state index is -0.491. The number of hydrogen-bond donors (Lipinski definition) is 1. The fraction of sp³-hybridized carbons (Fsp3) is 0.481. The topological polar surface area (TPSA) is 58.6 Å². The third-order valence-electron chi connectivity index (χ3n) is 6.13. The minimum Gasteiger partial charge on any atom is -0.484 e. The van der Waals surface area contributed by atoms with Crippen LogP contribution in [-0.2, 0) is 16.0 Å². The Morgan fingerprint density at radius 3 is 2.34 bits per heavy atom. The Hall–Kier alpha value is -2.82. The summed E-state index contributed by atoms with van der Waals surface area (Å²) in [4.78, 5) is 28.1. The predicted octanol–water partition coefficient (Wildman–Crippen LogP) is 4.59. The lowest BCUT2D eigenvalue weighted by Crippen LogP contribution is -2.52. The van der Waals surface area contributed by atoms with Crippen molar-refractivity contribution in [1.29, 1.82) is 0 Å². The lowest BCUT2D eigenvalue weighted by molar-refractivity contribution is -0.142. The molecule has 2 aromatic rings. The third kappa shape index (κ3) is 6.84. The molecule has 5 nitrogen and oxygen atoms in total. The molecule has 0 unspecified atom stereocenters. The van der Waals surface area contributed by atoms with Crippen LogP contribution in [-0.4, -0.2) is 41.9 Å². The molecule has 0 aliphatic heterocycles. The molecule has 1 N–H and O–H groups in total. The monoisotopic (exact) mass is 436 g/mol. The molecule has 172 valence electrons. The Morgan fingerprint density at radius 2 is 1.72 bits per heavy atom. The summed E-state index contributed by atoms with van der Waals surface area (Å²) in [6, 6.07) is 15.7. The molecule has 5 heteroatoms. The Labute approximate surface area is 192 Å².